The zero-order chi connectivity index (χ0) is 13.4. The predicted octanol–water partition coefficient (Wildman–Crippen LogP) is 2.50. The Morgan fingerprint density at radius 3 is 2.63 bits per heavy atom. The fourth-order valence-corrected chi connectivity index (χ4v) is 2.80. The maximum atomic E-state index is 4.53. The van der Waals surface area contributed by atoms with Crippen molar-refractivity contribution in [3.63, 3.8) is 0 Å². The van der Waals surface area contributed by atoms with Crippen molar-refractivity contribution >= 4 is 21.9 Å². The lowest BCUT2D eigenvalue weighted by Crippen LogP contribution is -2.23. The van der Waals surface area contributed by atoms with E-state index < -0.39 is 0 Å². The number of aromatic nitrogens is 4. The Balaban J connectivity index is 1.78. The molecular formula is C13H16BrN5. The number of nitrogens with zero attached hydrogens (tertiary/aromatic N) is 5. The summed E-state index contributed by atoms with van der Waals surface area (Å²) in [5, 5.41) is 4.36. The molecule has 0 aliphatic carbocycles. The van der Waals surface area contributed by atoms with Gasteiger partial charge in [0.15, 0.2) is 0 Å². The maximum absolute atomic E-state index is 4.53. The summed E-state index contributed by atoms with van der Waals surface area (Å²) in [7, 11) is 0. The molecule has 6 heteroatoms. The second-order valence-corrected chi connectivity index (χ2v) is 5.89. The van der Waals surface area contributed by atoms with Gasteiger partial charge in [0.25, 0.3) is 0 Å². The van der Waals surface area contributed by atoms with Gasteiger partial charge in [-0.3, -0.25) is 4.68 Å². The Morgan fingerprint density at radius 1 is 1.26 bits per heavy atom. The van der Waals surface area contributed by atoms with Crippen LogP contribution in [0.25, 0.3) is 0 Å². The highest BCUT2D eigenvalue weighted by Crippen LogP contribution is 2.25. The van der Waals surface area contributed by atoms with E-state index in [1.807, 2.05) is 37.0 Å². The quantitative estimate of drug-likeness (QED) is 0.852. The molecule has 0 saturated carbocycles. The van der Waals surface area contributed by atoms with Crippen molar-refractivity contribution in [1.29, 1.82) is 0 Å². The normalized spacial score (nSPS) is 19.1. The van der Waals surface area contributed by atoms with E-state index in [-0.39, 0.29) is 0 Å². The van der Waals surface area contributed by atoms with Crippen LogP contribution < -0.4 is 4.90 Å². The summed E-state index contributed by atoms with van der Waals surface area (Å²) in [5.74, 6) is 0.839. The monoisotopic (exact) mass is 321 g/mol. The molecule has 1 atom stereocenters. The van der Waals surface area contributed by atoms with Gasteiger partial charge >= 0.3 is 0 Å². The molecule has 1 saturated heterocycles. The van der Waals surface area contributed by atoms with Crippen molar-refractivity contribution in [3.8, 4) is 0 Å². The standard InChI is InChI=1S/C13H16BrN5/c1-9-5-10(2)17-13(16-9)18-4-3-12(8-18)19-7-11(14)6-15-19/h5-7,12H,3-4,8H2,1-2H3. The van der Waals surface area contributed by atoms with E-state index in [4.69, 9.17) is 0 Å². The van der Waals surface area contributed by atoms with Gasteiger partial charge in [-0.25, -0.2) is 9.97 Å². The van der Waals surface area contributed by atoms with Gasteiger partial charge in [-0.2, -0.15) is 5.10 Å². The molecule has 2 aromatic rings. The minimum Gasteiger partial charge on any atom is -0.339 e. The third-order valence-electron chi connectivity index (χ3n) is 3.36. The van der Waals surface area contributed by atoms with Gasteiger partial charge in [0.1, 0.15) is 0 Å². The van der Waals surface area contributed by atoms with Crippen LogP contribution in [0, 0.1) is 13.8 Å². The van der Waals surface area contributed by atoms with Crippen molar-refractivity contribution in [1.82, 2.24) is 19.7 Å². The molecule has 3 heterocycles. The van der Waals surface area contributed by atoms with Gasteiger partial charge in [-0.1, -0.05) is 0 Å². The highest BCUT2D eigenvalue weighted by atomic mass is 79.9. The van der Waals surface area contributed by atoms with Crippen molar-refractivity contribution in [2.24, 2.45) is 0 Å². The zero-order valence-electron chi connectivity index (χ0n) is 11.0. The van der Waals surface area contributed by atoms with Crippen LogP contribution in [0.2, 0.25) is 0 Å². The summed E-state index contributed by atoms with van der Waals surface area (Å²) in [6.07, 6.45) is 4.93. The first-order valence-corrected chi connectivity index (χ1v) is 7.18. The Hall–Kier alpha value is -1.43. The Kier molecular flexibility index (Phi) is 3.26. The van der Waals surface area contributed by atoms with Gasteiger partial charge < -0.3 is 4.90 Å². The van der Waals surface area contributed by atoms with Gasteiger partial charge in [-0.05, 0) is 42.3 Å². The molecule has 1 aliphatic rings. The van der Waals surface area contributed by atoms with Crippen LogP contribution in [0.4, 0.5) is 5.95 Å². The first-order valence-electron chi connectivity index (χ1n) is 6.39. The van der Waals surface area contributed by atoms with Crippen LogP contribution in [-0.2, 0) is 0 Å². The average Bonchev–Trinajstić information content (AvgIpc) is 2.95. The molecule has 5 nitrogen and oxygen atoms in total. The number of anilines is 1. The third kappa shape index (κ3) is 2.63. The smallest absolute Gasteiger partial charge is 0.225 e. The molecule has 0 amide bonds. The highest BCUT2D eigenvalue weighted by Gasteiger charge is 2.26. The van der Waals surface area contributed by atoms with Gasteiger partial charge in [0, 0.05) is 30.7 Å². The number of hydrogen-bond donors (Lipinski definition) is 0. The number of aryl methyl sites for hydroxylation is 2. The SMILES string of the molecule is Cc1cc(C)nc(N2CCC(n3cc(Br)cn3)C2)n1. The molecule has 0 aromatic carbocycles. The summed E-state index contributed by atoms with van der Waals surface area (Å²) in [4.78, 5) is 11.3. The van der Waals surface area contributed by atoms with Gasteiger partial charge in [0.05, 0.1) is 16.7 Å². The van der Waals surface area contributed by atoms with E-state index in [1.54, 1.807) is 0 Å². The van der Waals surface area contributed by atoms with Crippen LogP contribution in [0.1, 0.15) is 23.9 Å². The Morgan fingerprint density at radius 2 is 2.00 bits per heavy atom. The summed E-state index contributed by atoms with van der Waals surface area (Å²) < 4.78 is 3.04. The van der Waals surface area contributed by atoms with E-state index in [0.29, 0.717) is 6.04 Å². The largest absolute Gasteiger partial charge is 0.339 e. The second-order valence-electron chi connectivity index (χ2n) is 4.98. The fourth-order valence-electron chi connectivity index (χ4n) is 2.50. The van der Waals surface area contributed by atoms with E-state index in [9.17, 15) is 0 Å². The molecule has 1 unspecified atom stereocenters. The predicted molar refractivity (Wildman–Crippen MR) is 77.3 cm³/mol. The van der Waals surface area contributed by atoms with E-state index in [1.165, 1.54) is 0 Å². The van der Waals surface area contributed by atoms with Crippen LogP contribution in [-0.4, -0.2) is 32.8 Å². The molecule has 0 N–H and O–H groups in total. The minimum atomic E-state index is 0.399. The molecule has 2 aromatic heterocycles. The number of halogens is 1. The molecule has 0 bridgehead atoms. The highest BCUT2D eigenvalue weighted by molar-refractivity contribution is 9.10. The lowest BCUT2D eigenvalue weighted by Gasteiger charge is -2.17. The topological polar surface area (TPSA) is 46.8 Å². The van der Waals surface area contributed by atoms with E-state index in [0.717, 1.165) is 41.3 Å². The first kappa shape index (κ1) is 12.6. The van der Waals surface area contributed by atoms with Gasteiger partial charge in [-0.15, -0.1) is 0 Å². The Bertz CT molecular complexity index is 574. The summed E-state index contributed by atoms with van der Waals surface area (Å²) in [6, 6.07) is 2.40. The third-order valence-corrected chi connectivity index (χ3v) is 3.77. The summed E-state index contributed by atoms with van der Waals surface area (Å²) in [5.41, 5.74) is 2.04. The molecule has 0 spiro atoms. The molecule has 1 aliphatic heterocycles. The first-order chi connectivity index (χ1) is 9.11. The molecule has 100 valence electrons. The maximum Gasteiger partial charge on any atom is 0.225 e. The van der Waals surface area contributed by atoms with Crippen molar-refractivity contribution < 1.29 is 0 Å². The number of hydrogen-bond acceptors (Lipinski definition) is 4. The fraction of sp³-hybridized carbons (Fsp3) is 0.462. The summed E-state index contributed by atoms with van der Waals surface area (Å²) in [6.45, 7) is 5.91. The molecule has 1 fully saturated rings. The lowest BCUT2D eigenvalue weighted by molar-refractivity contribution is 0.494. The van der Waals surface area contributed by atoms with Crippen LogP contribution in [0.5, 0.6) is 0 Å². The van der Waals surface area contributed by atoms with Crippen molar-refractivity contribution in [2.75, 3.05) is 18.0 Å². The Labute approximate surface area is 120 Å². The van der Waals surface area contributed by atoms with Crippen molar-refractivity contribution in [2.45, 2.75) is 26.3 Å². The van der Waals surface area contributed by atoms with Crippen LogP contribution in [0.15, 0.2) is 22.9 Å². The minimum absolute atomic E-state index is 0.399. The molecule has 19 heavy (non-hydrogen) atoms. The molecular weight excluding hydrogens is 306 g/mol. The lowest BCUT2D eigenvalue weighted by atomic mass is 10.3. The molecule has 0 radical (unpaired) electrons. The number of rotatable bonds is 2. The second kappa shape index (κ2) is 4.92. The average molecular weight is 322 g/mol. The zero-order valence-corrected chi connectivity index (χ0v) is 12.6. The summed E-state index contributed by atoms with van der Waals surface area (Å²) >= 11 is 3.44. The molecule has 3 rings (SSSR count). The van der Waals surface area contributed by atoms with Crippen molar-refractivity contribution in [3.05, 3.63) is 34.3 Å². The van der Waals surface area contributed by atoms with E-state index >= 15 is 0 Å². The van der Waals surface area contributed by atoms with E-state index in [2.05, 4.69) is 35.9 Å². The van der Waals surface area contributed by atoms with Crippen LogP contribution >= 0.6 is 15.9 Å². The van der Waals surface area contributed by atoms with Crippen LogP contribution in [0.3, 0.4) is 0 Å². The van der Waals surface area contributed by atoms with Gasteiger partial charge in [0.2, 0.25) is 5.95 Å².